The predicted molar refractivity (Wildman–Crippen MR) is 61.6 cm³/mol. The van der Waals surface area contributed by atoms with Crippen molar-refractivity contribution >= 4 is 5.95 Å². The number of rotatable bonds is 6. The molecule has 0 atom stereocenters. The van der Waals surface area contributed by atoms with E-state index in [1.54, 1.807) is 6.07 Å². The number of halogens is 3. The summed E-state index contributed by atoms with van der Waals surface area (Å²) in [6, 6.07) is 1.60. The van der Waals surface area contributed by atoms with Gasteiger partial charge in [0.15, 0.2) is 0 Å². The van der Waals surface area contributed by atoms with Gasteiger partial charge in [-0.15, -0.1) is 0 Å². The van der Waals surface area contributed by atoms with Crippen LogP contribution in [0.4, 0.5) is 19.1 Å². The van der Waals surface area contributed by atoms with Gasteiger partial charge in [0.2, 0.25) is 11.8 Å². The fraction of sp³-hybridized carbons (Fsp3) is 0.636. The van der Waals surface area contributed by atoms with E-state index in [1.165, 1.54) is 6.20 Å². The summed E-state index contributed by atoms with van der Waals surface area (Å²) in [6.45, 7) is 3.89. The molecule has 0 spiro atoms. The zero-order chi connectivity index (χ0) is 13.6. The number of hydrogen-bond donors (Lipinski definition) is 1. The fourth-order valence-electron chi connectivity index (χ4n) is 1.22. The second-order valence-electron chi connectivity index (χ2n) is 4.03. The first-order chi connectivity index (χ1) is 8.37. The average molecular weight is 263 g/mol. The van der Waals surface area contributed by atoms with Crippen LogP contribution in [-0.2, 0) is 0 Å². The fourth-order valence-corrected chi connectivity index (χ4v) is 1.22. The summed E-state index contributed by atoms with van der Waals surface area (Å²) in [7, 11) is 0. The molecule has 0 saturated heterocycles. The number of hydrogen-bond acceptors (Lipinski definition) is 4. The third kappa shape index (κ3) is 6.27. The van der Waals surface area contributed by atoms with Crippen molar-refractivity contribution in [1.29, 1.82) is 0 Å². The van der Waals surface area contributed by atoms with Gasteiger partial charge in [0.25, 0.3) is 0 Å². The van der Waals surface area contributed by atoms with Crippen molar-refractivity contribution in [3.63, 3.8) is 0 Å². The Morgan fingerprint density at radius 3 is 2.72 bits per heavy atom. The van der Waals surface area contributed by atoms with E-state index < -0.39 is 12.6 Å². The summed E-state index contributed by atoms with van der Waals surface area (Å²) < 4.78 is 41.1. The molecule has 0 fully saturated rings. The molecule has 0 radical (unpaired) electrons. The number of aromatic nitrogens is 2. The molecule has 0 unspecified atom stereocenters. The minimum absolute atomic E-state index is 0.0118. The molecule has 1 aromatic heterocycles. The van der Waals surface area contributed by atoms with Crippen LogP contribution in [0.15, 0.2) is 12.3 Å². The minimum Gasteiger partial charge on any atom is -0.475 e. The molecular weight excluding hydrogens is 247 g/mol. The van der Waals surface area contributed by atoms with Crippen LogP contribution in [0, 0.1) is 0 Å². The maximum absolute atomic E-state index is 11.9. The molecule has 0 aliphatic heterocycles. The highest BCUT2D eigenvalue weighted by Crippen LogP contribution is 2.21. The SMILES string of the molecule is CC(C)Oc1ccnc(NCCCC(F)(F)F)n1. The Kier molecular flexibility index (Phi) is 5.18. The molecule has 0 aromatic carbocycles. The molecule has 1 N–H and O–H groups in total. The van der Waals surface area contributed by atoms with Crippen molar-refractivity contribution in [2.24, 2.45) is 0 Å². The van der Waals surface area contributed by atoms with E-state index in [-0.39, 0.29) is 25.0 Å². The van der Waals surface area contributed by atoms with Gasteiger partial charge < -0.3 is 10.1 Å². The highest BCUT2D eigenvalue weighted by Gasteiger charge is 2.25. The Balaban J connectivity index is 2.38. The van der Waals surface area contributed by atoms with Crippen molar-refractivity contribution in [2.45, 2.75) is 39.0 Å². The standard InChI is InChI=1S/C11H16F3N3O/c1-8(2)18-9-4-7-16-10(17-9)15-6-3-5-11(12,13)14/h4,7-8H,3,5-6H2,1-2H3,(H,15,16,17). The van der Waals surface area contributed by atoms with Gasteiger partial charge in [-0.25, -0.2) is 4.98 Å². The highest BCUT2D eigenvalue weighted by atomic mass is 19.4. The van der Waals surface area contributed by atoms with Gasteiger partial charge in [-0.2, -0.15) is 18.2 Å². The topological polar surface area (TPSA) is 47.0 Å². The van der Waals surface area contributed by atoms with E-state index >= 15 is 0 Å². The Morgan fingerprint density at radius 1 is 1.39 bits per heavy atom. The summed E-state index contributed by atoms with van der Waals surface area (Å²) in [6.07, 6.45) is -3.47. The number of ether oxygens (including phenoxy) is 1. The largest absolute Gasteiger partial charge is 0.475 e. The molecule has 102 valence electrons. The Labute approximate surface area is 104 Å². The lowest BCUT2D eigenvalue weighted by atomic mass is 10.3. The monoisotopic (exact) mass is 263 g/mol. The van der Waals surface area contributed by atoms with E-state index in [0.717, 1.165) is 0 Å². The molecular formula is C11H16F3N3O. The third-order valence-electron chi connectivity index (χ3n) is 1.91. The lowest BCUT2D eigenvalue weighted by Gasteiger charge is -2.10. The van der Waals surface area contributed by atoms with Crippen LogP contribution in [0.2, 0.25) is 0 Å². The summed E-state index contributed by atoms with van der Waals surface area (Å²) in [5.74, 6) is 0.675. The van der Waals surface area contributed by atoms with E-state index in [2.05, 4.69) is 15.3 Å². The summed E-state index contributed by atoms with van der Waals surface area (Å²) in [5.41, 5.74) is 0. The van der Waals surface area contributed by atoms with Gasteiger partial charge in [-0.1, -0.05) is 0 Å². The summed E-state index contributed by atoms with van der Waals surface area (Å²) in [5, 5.41) is 2.73. The highest BCUT2D eigenvalue weighted by molar-refractivity contribution is 5.27. The number of alkyl halides is 3. The molecule has 0 bridgehead atoms. The quantitative estimate of drug-likeness (QED) is 0.801. The Hall–Kier alpha value is -1.53. The first-order valence-corrected chi connectivity index (χ1v) is 5.67. The van der Waals surface area contributed by atoms with Gasteiger partial charge >= 0.3 is 6.18 Å². The smallest absolute Gasteiger partial charge is 0.389 e. The number of nitrogens with zero attached hydrogens (tertiary/aromatic N) is 2. The summed E-state index contributed by atoms with van der Waals surface area (Å²) in [4.78, 5) is 7.92. The van der Waals surface area contributed by atoms with Crippen LogP contribution in [0.25, 0.3) is 0 Å². The Bertz CT molecular complexity index is 369. The molecule has 1 rings (SSSR count). The van der Waals surface area contributed by atoms with E-state index in [4.69, 9.17) is 4.74 Å². The van der Waals surface area contributed by atoms with Crippen LogP contribution in [0.5, 0.6) is 5.88 Å². The van der Waals surface area contributed by atoms with Gasteiger partial charge in [0.1, 0.15) is 0 Å². The van der Waals surface area contributed by atoms with Gasteiger partial charge in [-0.05, 0) is 20.3 Å². The van der Waals surface area contributed by atoms with Crippen molar-refractivity contribution in [1.82, 2.24) is 9.97 Å². The van der Waals surface area contributed by atoms with E-state index in [0.29, 0.717) is 5.88 Å². The maximum atomic E-state index is 11.9. The summed E-state index contributed by atoms with van der Waals surface area (Å²) >= 11 is 0. The third-order valence-corrected chi connectivity index (χ3v) is 1.91. The first-order valence-electron chi connectivity index (χ1n) is 5.67. The van der Waals surface area contributed by atoms with Crippen LogP contribution in [0.3, 0.4) is 0 Å². The van der Waals surface area contributed by atoms with Crippen molar-refractivity contribution < 1.29 is 17.9 Å². The molecule has 0 aliphatic rings. The van der Waals surface area contributed by atoms with Crippen LogP contribution in [0.1, 0.15) is 26.7 Å². The second-order valence-corrected chi connectivity index (χ2v) is 4.03. The molecule has 18 heavy (non-hydrogen) atoms. The van der Waals surface area contributed by atoms with Crippen molar-refractivity contribution in [2.75, 3.05) is 11.9 Å². The van der Waals surface area contributed by atoms with Crippen LogP contribution >= 0.6 is 0 Å². The molecule has 1 heterocycles. The lowest BCUT2D eigenvalue weighted by molar-refractivity contribution is -0.134. The van der Waals surface area contributed by atoms with Gasteiger partial charge in [0.05, 0.1) is 6.10 Å². The van der Waals surface area contributed by atoms with Crippen molar-refractivity contribution in [3.05, 3.63) is 12.3 Å². The maximum Gasteiger partial charge on any atom is 0.389 e. The van der Waals surface area contributed by atoms with E-state index in [9.17, 15) is 13.2 Å². The van der Waals surface area contributed by atoms with Crippen molar-refractivity contribution in [3.8, 4) is 5.88 Å². The molecule has 4 nitrogen and oxygen atoms in total. The zero-order valence-electron chi connectivity index (χ0n) is 10.3. The normalized spacial score (nSPS) is 11.7. The molecule has 7 heteroatoms. The molecule has 0 aliphatic carbocycles. The predicted octanol–water partition coefficient (Wildman–Crippen LogP) is 3.02. The molecule has 0 saturated carbocycles. The molecule has 1 aromatic rings. The van der Waals surface area contributed by atoms with E-state index in [1.807, 2.05) is 13.8 Å². The number of nitrogens with one attached hydrogen (secondary N) is 1. The van der Waals surface area contributed by atoms with Gasteiger partial charge in [-0.3, -0.25) is 0 Å². The first kappa shape index (κ1) is 14.5. The van der Waals surface area contributed by atoms with Crippen LogP contribution in [-0.4, -0.2) is 28.8 Å². The second kappa shape index (κ2) is 6.42. The van der Waals surface area contributed by atoms with Gasteiger partial charge in [0, 0.05) is 25.2 Å². The Morgan fingerprint density at radius 2 is 2.11 bits per heavy atom. The van der Waals surface area contributed by atoms with Crippen LogP contribution < -0.4 is 10.1 Å². The minimum atomic E-state index is -4.12. The molecule has 0 amide bonds. The zero-order valence-corrected chi connectivity index (χ0v) is 10.3. The number of anilines is 1. The average Bonchev–Trinajstić information content (AvgIpc) is 2.23. The lowest BCUT2D eigenvalue weighted by Crippen LogP contribution is -2.13.